The van der Waals surface area contributed by atoms with Gasteiger partial charge < -0.3 is 21.7 Å². The van der Waals surface area contributed by atoms with Gasteiger partial charge in [-0.2, -0.15) is 0 Å². The monoisotopic (exact) mass is 381 g/mol. The van der Waals surface area contributed by atoms with Crippen molar-refractivity contribution in [2.75, 3.05) is 13.1 Å². The minimum atomic E-state index is -0.833. The Kier molecular flexibility index (Phi) is 8.18. The second-order valence-electron chi connectivity index (χ2n) is 7.41. The fraction of sp³-hybridized carbons (Fsp3) is 0.778. The highest BCUT2D eigenvalue weighted by Crippen LogP contribution is 2.17. The Morgan fingerprint density at radius 3 is 2.67 bits per heavy atom. The number of nitrogens with one attached hydrogen (secondary N) is 4. The minimum absolute atomic E-state index is 0.0141. The first-order valence-electron chi connectivity index (χ1n) is 9.80. The normalized spacial score (nSPS) is 26.1. The number of carbonyl (C=O) groups excluding carboxylic acids is 4. The SMILES string of the molecule is CC1CCC(=O)NC1C(=O)N[C@@H](CCCCN)C(=O)NC(=O)[C@@H]1CCCN1. The third-order valence-electron chi connectivity index (χ3n) is 5.20. The molecule has 2 aliphatic rings. The van der Waals surface area contributed by atoms with Crippen molar-refractivity contribution < 1.29 is 19.2 Å². The molecule has 2 unspecified atom stereocenters. The van der Waals surface area contributed by atoms with Gasteiger partial charge in [0.2, 0.25) is 23.6 Å². The van der Waals surface area contributed by atoms with Crippen LogP contribution in [0.1, 0.15) is 51.9 Å². The van der Waals surface area contributed by atoms with E-state index in [2.05, 4.69) is 21.3 Å². The Bertz CT molecular complexity index is 562. The van der Waals surface area contributed by atoms with Gasteiger partial charge in [-0.25, -0.2) is 0 Å². The van der Waals surface area contributed by atoms with Crippen LogP contribution in [0.25, 0.3) is 0 Å². The topological polar surface area (TPSA) is 142 Å². The van der Waals surface area contributed by atoms with Crippen LogP contribution in [0.5, 0.6) is 0 Å². The number of unbranched alkanes of at least 4 members (excludes halogenated alkanes) is 1. The maximum Gasteiger partial charge on any atom is 0.249 e. The van der Waals surface area contributed by atoms with Crippen LogP contribution in [0.4, 0.5) is 0 Å². The Hall–Kier alpha value is -2.00. The first-order chi connectivity index (χ1) is 12.9. The fourth-order valence-electron chi connectivity index (χ4n) is 3.46. The molecule has 152 valence electrons. The molecule has 0 bridgehead atoms. The first kappa shape index (κ1) is 21.3. The van der Waals surface area contributed by atoms with Crippen molar-refractivity contribution in [3.05, 3.63) is 0 Å². The van der Waals surface area contributed by atoms with Gasteiger partial charge in [0.05, 0.1) is 6.04 Å². The van der Waals surface area contributed by atoms with Crippen molar-refractivity contribution in [1.82, 2.24) is 21.3 Å². The van der Waals surface area contributed by atoms with Gasteiger partial charge in [-0.15, -0.1) is 0 Å². The van der Waals surface area contributed by atoms with Crippen LogP contribution >= 0.6 is 0 Å². The molecule has 2 heterocycles. The van der Waals surface area contributed by atoms with E-state index >= 15 is 0 Å². The van der Waals surface area contributed by atoms with Gasteiger partial charge in [0.1, 0.15) is 12.1 Å². The lowest BCUT2D eigenvalue weighted by atomic mass is 9.91. The quantitative estimate of drug-likeness (QED) is 0.338. The van der Waals surface area contributed by atoms with Crippen molar-refractivity contribution in [2.24, 2.45) is 11.7 Å². The molecule has 2 rings (SSSR count). The lowest BCUT2D eigenvalue weighted by molar-refractivity contribution is -0.137. The highest BCUT2D eigenvalue weighted by atomic mass is 16.2. The van der Waals surface area contributed by atoms with E-state index in [1.165, 1.54) is 0 Å². The smallest absolute Gasteiger partial charge is 0.249 e. The largest absolute Gasteiger partial charge is 0.344 e. The average Bonchev–Trinajstić information content (AvgIpc) is 3.17. The van der Waals surface area contributed by atoms with E-state index in [-0.39, 0.29) is 23.8 Å². The predicted molar refractivity (Wildman–Crippen MR) is 99.3 cm³/mol. The Morgan fingerprint density at radius 1 is 1.22 bits per heavy atom. The van der Waals surface area contributed by atoms with Gasteiger partial charge in [0.25, 0.3) is 0 Å². The van der Waals surface area contributed by atoms with E-state index in [1.54, 1.807) is 0 Å². The summed E-state index contributed by atoms with van der Waals surface area (Å²) in [7, 11) is 0. The molecule has 27 heavy (non-hydrogen) atoms. The molecule has 4 atom stereocenters. The van der Waals surface area contributed by atoms with Gasteiger partial charge in [-0.3, -0.25) is 24.5 Å². The summed E-state index contributed by atoms with van der Waals surface area (Å²) < 4.78 is 0. The summed E-state index contributed by atoms with van der Waals surface area (Å²) in [5.74, 6) is -1.46. The number of imide groups is 1. The Balaban J connectivity index is 1.96. The molecule has 9 nitrogen and oxygen atoms in total. The molecule has 0 aromatic heterocycles. The summed E-state index contributed by atoms with van der Waals surface area (Å²) in [4.78, 5) is 49.0. The van der Waals surface area contributed by atoms with E-state index in [1.807, 2.05) is 6.92 Å². The van der Waals surface area contributed by atoms with Crippen LogP contribution in [0, 0.1) is 5.92 Å². The molecule has 0 saturated carbocycles. The van der Waals surface area contributed by atoms with Crippen LogP contribution in [-0.2, 0) is 19.2 Å². The number of carbonyl (C=O) groups is 4. The van der Waals surface area contributed by atoms with Crippen molar-refractivity contribution in [2.45, 2.75) is 70.0 Å². The molecule has 2 aliphatic heterocycles. The van der Waals surface area contributed by atoms with E-state index in [0.29, 0.717) is 45.1 Å². The molecule has 2 fully saturated rings. The van der Waals surface area contributed by atoms with Crippen LogP contribution in [-0.4, -0.2) is 54.8 Å². The van der Waals surface area contributed by atoms with Crippen molar-refractivity contribution in [1.29, 1.82) is 0 Å². The Labute approximate surface area is 159 Å². The zero-order chi connectivity index (χ0) is 19.8. The summed E-state index contributed by atoms with van der Waals surface area (Å²) in [6, 6.07) is -1.87. The summed E-state index contributed by atoms with van der Waals surface area (Å²) in [6.07, 6.45) is 4.35. The molecule has 9 heteroatoms. The molecule has 4 amide bonds. The zero-order valence-corrected chi connectivity index (χ0v) is 15.9. The maximum atomic E-state index is 12.6. The molecule has 2 saturated heterocycles. The van der Waals surface area contributed by atoms with Gasteiger partial charge in [0.15, 0.2) is 0 Å². The lowest BCUT2D eigenvalue weighted by Crippen LogP contribution is -2.58. The highest BCUT2D eigenvalue weighted by Gasteiger charge is 2.34. The van der Waals surface area contributed by atoms with Gasteiger partial charge in [-0.05, 0) is 57.5 Å². The number of hydrogen-bond donors (Lipinski definition) is 5. The van der Waals surface area contributed by atoms with E-state index in [4.69, 9.17) is 5.73 Å². The maximum absolute atomic E-state index is 12.6. The van der Waals surface area contributed by atoms with Gasteiger partial charge in [-0.1, -0.05) is 6.92 Å². The zero-order valence-electron chi connectivity index (χ0n) is 15.9. The summed E-state index contributed by atoms with van der Waals surface area (Å²) in [6.45, 7) is 3.13. The number of nitrogens with two attached hydrogens (primary N) is 1. The highest BCUT2D eigenvalue weighted by molar-refractivity contribution is 6.01. The lowest BCUT2D eigenvalue weighted by Gasteiger charge is -2.30. The average molecular weight is 381 g/mol. The number of hydrogen-bond acceptors (Lipinski definition) is 6. The molecular weight excluding hydrogens is 350 g/mol. The van der Waals surface area contributed by atoms with Gasteiger partial charge in [0, 0.05) is 6.42 Å². The summed E-state index contributed by atoms with van der Waals surface area (Å²) in [5.41, 5.74) is 5.51. The van der Waals surface area contributed by atoms with Gasteiger partial charge >= 0.3 is 0 Å². The molecule has 0 spiro atoms. The summed E-state index contributed by atoms with van der Waals surface area (Å²) in [5, 5.41) is 10.8. The van der Waals surface area contributed by atoms with Crippen molar-refractivity contribution in [3.8, 4) is 0 Å². The van der Waals surface area contributed by atoms with E-state index < -0.39 is 23.9 Å². The second kappa shape index (κ2) is 10.4. The summed E-state index contributed by atoms with van der Waals surface area (Å²) >= 11 is 0. The standard InChI is InChI=1S/C18H31N5O4/c1-11-7-8-14(24)22-15(11)18(27)21-13(5-2-3-9-19)17(26)23-16(25)12-6-4-10-20-12/h11-13,15,20H,2-10,19H2,1H3,(H,21,27)(H,22,24)(H,23,25,26)/t11?,12-,13-,15?/m0/s1. The molecule has 6 N–H and O–H groups in total. The van der Waals surface area contributed by atoms with Crippen LogP contribution in [0.2, 0.25) is 0 Å². The number of amides is 4. The van der Waals surface area contributed by atoms with Crippen molar-refractivity contribution >= 4 is 23.6 Å². The first-order valence-corrected chi connectivity index (χ1v) is 9.80. The minimum Gasteiger partial charge on any atom is -0.344 e. The van der Waals surface area contributed by atoms with Crippen LogP contribution in [0.15, 0.2) is 0 Å². The Morgan fingerprint density at radius 2 is 2.00 bits per heavy atom. The molecule has 0 aromatic rings. The van der Waals surface area contributed by atoms with Crippen LogP contribution in [0.3, 0.4) is 0 Å². The predicted octanol–water partition coefficient (Wildman–Crippen LogP) is -1.09. The molecular formula is C18H31N5O4. The molecule has 0 aliphatic carbocycles. The number of piperidine rings is 1. The second-order valence-corrected chi connectivity index (χ2v) is 7.41. The van der Waals surface area contributed by atoms with Crippen molar-refractivity contribution in [3.63, 3.8) is 0 Å². The van der Waals surface area contributed by atoms with E-state index in [9.17, 15) is 19.2 Å². The van der Waals surface area contributed by atoms with E-state index in [0.717, 1.165) is 13.0 Å². The van der Waals surface area contributed by atoms with Crippen LogP contribution < -0.4 is 27.0 Å². The third-order valence-corrected chi connectivity index (χ3v) is 5.20. The molecule has 0 radical (unpaired) electrons. The fourth-order valence-corrected chi connectivity index (χ4v) is 3.46. The molecule has 0 aromatic carbocycles. The third kappa shape index (κ3) is 6.28. The number of rotatable bonds is 8.